The summed E-state index contributed by atoms with van der Waals surface area (Å²) in [6.07, 6.45) is 1.05. The van der Waals surface area contributed by atoms with Crippen molar-refractivity contribution in [3.05, 3.63) is 59.2 Å². The number of carbonyl (C=O) groups excluding carboxylic acids is 1. The maximum Gasteiger partial charge on any atom is 0.206 e. The van der Waals surface area contributed by atoms with E-state index in [4.69, 9.17) is 4.99 Å². The summed E-state index contributed by atoms with van der Waals surface area (Å²) in [6, 6.07) is 13.9. The minimum atomic E-state index is 0. The minimum absolute atomic E-state index is 0. The smallest absolute Gasteiger partial charge is 0.206 e. The zero-order valence-corrected chi connectivity index (χ0v) is 16.2. The second kappa shape index (κ2) is 7.00. The molecule has 2 aromatic rings. The second-order valence-corrected chi connectivity index (χ2v) is 6.49. The van der Waals surface area contributed by atoms with Crippen molar-refractivity contribution in [1.82, 2.24) is 0 Å². The average molecular weight is 400 g/mol. The molecule has 4 rings (SSSR count). The van der Waals surface area contributed by atoms with Crippen LogP contribution in [0.2, 0.25) is 0 Å². The van der Waals surface area contributed by atoms with E-state index in [9.17, 15) is 4.79 Å². The van der Waals surface area contributed by atoms with Crippen LogP contribution in [0.4, 0.5) is 11.4 Å². The summed E-state index contributed by atoms with van der Waals surface area (Å²) in [5.41, 5.74) is 5.54. The highest BCUT2D eigenvalue weighted by atomic mass is 79.9. The molecule has 5 heteroatoms. The van der Waals surface area contributed by atoms with Gasteiger partial charge in [0.1, 0.15) is 0 Å². The molecule has 2 aromatic carbocycles. The molecule has 0 unspecified atom stereocenters. The fourth-order valence-electron chi connectivity index (χ4n) is 3.39. The van der Waals surface area contributed by atoms with Crippen LogP contribution in [0.5, 0.6) is 0 Å². The first-order valence-electron chi connectivity index (χ1n) is 8.44. The first-order valence-corrected chi connectivity index (χ1v) is 8.44. The fourth-order valence-corrected chi connectivity index (χ4v) is 3.39. The van der Waals surface area contributed by atoms with Gasteiger partial charge in [0, 0.05) is 18.7 Å². The highest BCUT2D eigenvalue weighted by Gasteiger charge is 2.35. The Hall–Kier alpha value is -2.14. The van der Waals surface area contributed by atoms with Crippen LogP contribution in [-0.4, -0.2) is 31.4 Å². The summed E-state index contributed by atoms with van der Waals surface area (Å²) < 4.78 is 0. The molecule has 130 valence electrons. The van der Waals surface area contributed by atoms with Crippen molar-refractivity contribution in [2.75, 3.05) is 29.4 Å². The maximum absolute atomic E-state index is 12.7. The predicted molar refractivity (Wildman–Crippen MR) is 109 cm³/mol. The van der Waals surface area contributed by atoms with Crippen molar-refractivity contribution in [2.24, 2.45) is 4.99 Å². The number of carbonyl (C=O) groups is 1. The molecule has 0 saturated carbocycles. The van der Waals surface area contributed by atoms with Gasteiger partial charge in [-0.2, -0.15) is 0 Å². The number of Topliss-reactive ketones (excluding diaryl/α,β-unsaturated/α-hetero) is 1. The molecule has 25 heavy (non-hydrogen) atoms. The van der Waals surface area contributed by atoms with E-state index in [1.165, 1.54) is 16.8 Å². The molecule has 0 saturated heterocycles. The van der Waals surface area contributed by atoms with Crippen LogP contribution in [0.3, 0.4) is 0 Å². The van der Waals surface area contributed by atoms with Crippen LogP contribution in [0.25, 0.3) is 0 Å². The number of aliphatic imine (C=N–C) groups is 1. The number of guanidine groups is 1. The molecule has 0 atom stereocenters. The lowest BCUT2D eigenvalue weighted by atomic mass is 10.1. The van der Waals surface area contributed by atoms with E-state index >= 15 is 0 Å². The molecule has 2 heterocycles. The van der Waals surface area contributed by atoms with E-state index in [0.717, 1.165) is 36.7 Å². The van der Waals surface area contributed by atoms with E-state index < -0.39 is 0 Å². The van der Waals surface area contributed by atoms with Gasteiger partial charge in [-0.15, -0.1) is 17.0 Å². The first-order chi connectivity index (χ1) is 11.6. The predicted octanol–water partition coefficient (Wildman–Crippen LogP) is 4.15. The Morgan fingerprint density at radius 3 is 2.48 bits per heavy atom. The third-order valence-corrected chi connectivity index (χ3v) is 4.85. The van der Waals surface area contributed by atoms with E-state index in [1.54, 1.807) is 0 Å². The highest BCUT2D eigenvalue weighted by molar-refractivity contribution is 8.93. The molecule has 0 radical (unpaired) electrons. The Kier molecular flexibility index (Phi) is 4.95. The molecular weight excluding hydrogens is 378 g/mol. The van der Waals surface area contributed by atoms with Gasteiger partial charge in [-0.05, 0) is 43.5 Å². The Labute approximate surface area is 158 Å². The Morgan fingerprint density at radius 2 is 1.76 bits per heavy atom. The summed E-state index contributed by atoms with van der Waals surface area (Å²) in [5, 5.41) is 0. The monoisotopic (exact) mass is 399 g/mol. The SMILES string of the molecule is Br.Cc1cc2c(cc1C)N(CC(=O)c1ccccc1)C1=NCCCN12. The molecule has 0 aromatic heterocycles. The maximum atomic E-state index is 12.7. The van der Waals surface area contributed by atoms with Crippen LogP contribution in [-0.2, 0) is 0 Å². The molecule has 0 fully saturated rings. The zero-order chi connectivity index (χ0) is 16.7. The number of rotatable bonds is 3. The Balaban J connectivity index is 0.00000182. The minimum Gasteiger partial charge on any atom is -0.310 e. The molecule has 0 amide bonds. The number of hydrogen-bond donors (Lipinski definition) is 0. The number of halogens is 1. The number of aryl methyl sites for hydroxylation is 2. The molecule has 0 N–H and O–H groups in total. The molecule has 0 aliphatic carbocycles. The standard InChI is InChI=1S/C20H21N3O.BrH/c1-14-11-17-18(12-15(14)2)23(20-21-9-6-10-22(17)20)13-19(24)16-7-4-3-5-8-16;/h3-5,7-8,11-12H,6,9-10,13H2,1-2H3;1H. The normalized spacial score (nSPS) is 15.2. The number of fused-ring (bicyclic) bond motifs is 3. The summed E-state index contributed by atoms with van der Waals surface area (Å²) in [7, 11) is 0. The number of ketones is 1. The van der Waals surface area contributed by atoms with Gasteiger partial charge in [0.15, 0.2) is 5.78 Å². The van der Waals surface area contributed by atoms with Crippen LogP contribution in [0, 0.1) is 13.8 Å². The highest BCUT2D eigenvalue weighted by Crippen LogP contribution is 2.40. The molecule has 0 bridgehead atoms. The van der Waals surface area contributed by atoms with Gasteiger partial charge in [-0.3, -0.25) is 9.79 Å². The van der Waals surface area contributed by atoms with E-state index in [0.29, 0.717) is 6.54 Å². The van der Waals surface area contributed by atoms with Gasteiger partial charge in [-0.25, -0.2) is 0 Å². The average Bonchev–Trinajstić information content (AvgIpc) is 2.90. The molecular formula is C20H22BrN3O. The quantitative estimate of drug-likeness (QED) is 0.727. The molecule has 2 aliphatic heterocycles. The van der Waals surface area contributed by atoms with Gasteiger partial charge in [0.25, 0.3) is 0 Å². The van der Waals surface area contributed by atoms with Gasteiger partial charge >= 0.3 is 0 Å². The third-order valence-electron chi connectivity index (χ3n) is 4.85. The van der Waals surface area contributed by atoms with Gasteiger partial charge in [0.05, 0.1) is 17.9 Å². The summed E-state index contributed by atoms with van der Waals surface area (Å²) in [5.74, 6) is 1.04. The number of nitrogens with zero attached hydrogens (tertiary/aromatic N) is 3. The van der Waals surface area contributed by atoms with Crippen molar-refractivity contribution in [3.8, 4) is 0 Å². The Morgan fingerprint density at radius 1 is 1.08 bits per heavy atom. The Bertz CT molecular complexity index is 832. The van der Waals surface area contributed by atoms with Crippen molar-refractivity contribution in [2.45, 2.75) is 20.3 Å². The lowest BCUT2D eigenvalue weighted by Crippen LogP contribution is -2.43. The number of anilines is 2. The summed E-state index contributed by atoms with van der Waals surface area (Å²) in [6.45, 7) is 6.37. The van der Waals surface area contributed by atoms with Crippen molar-refractivity contribution in [1.29, 1.82) is 0 Å². The lowest BCUT2D eigenvalue weighted by Gasteiger charge is -2.26. The van der Waals surface area contributed by atoms with Crippen LogP contribution in [0.1, 0.15) is 27.9 Å². The first kappa shape index (κ1) is 17.7. The second-order valence-electron chi connectivity index (χ2n) is 6.49. The van der Waals surface area contributed by atoms with Crippen molar-refractivity contribution in [3.63, 3.8) is 0 Å². The van der Waals surface area contributed by atoms with Gasteiger partial charge in [-0.1, -0.05) is 30.3 Å². The zero-order valence-electron chi connectivity index (χ0n) is 14.5. The lowest BCUT2D eigenvalue weighted by molar-refractivity contribution is 0.100. The van der Waals surface area contributed by atoms with E-state index in [2.05, 4.69) is 35.8 Å². The van der Waals surface area contributed by atoms with Gasteiger partial charge < -0.3 is 9.80 Å². The van der Waals surface area contributed by atoms with Crippen LogP contribution >= 0.6 is 17.0 Å². The summed E-state index contributed by atoms with van der Waals surface area (Å²) in [4.78, 5) is 21.8. The van der Waals surface area contributed by atoms with Crippen molar-refractivity contribution < 1.29 is 4.79 Å². The summed E-state index contributed by atoms with van der Waals surface area (Å²) >= 11 is 0. The molecule has 4 nitrogen and oxygen atoms in total. The fraction of sp³-hybridized carbons (Fsp3) is 0.300. The number of benzene rings is 2. The number of hydrogen-bond acceptors (Lipinski definition) is 4. The molecule has 2 aliphatic rings. The van der Waals surface area contributed by atoms with E-state index in [1.807, 2.05) is 30.3 Å². The van der Waals surface area contributed by atoms with Crippen molar-refractivity contribution >= 4 is 40.1 Å². The molecule has 0 spiro atoms. The van der Waals surface area contributed by atoms with Crippen LogP contribution in [0.15, 0.2) is 47.5 Å². The van der Waals surface area contributed by atoms with E-state index in [-0.39, 0.29) is 22.8 Å². The third kappa shape index (κ3) is 3.09. The van der Waals surface area contributed by atoms with Gasteiger partial charge in [0.2, 0.25) is 5.96 Å². The van der Waals surface area contributed by atoms with Crippen LogP contribution < -0.4 is 9.80 Å². The largest absolute Gasteiger partial charge is 0.310 e. The topological polar surface area (TPSA) is 35.9 Å².